The minimum atomic E-state index is -0.464. The summed E-state index contributed by atoms with van der Waals surface area (Å²) in [5, 5.41) is 8.58. The van der Waals surface area contributed by atoms with Crippen LogP contribution in [0.2, 0.25) is 0 Å². The van der Waals surface area contributed by atoms with Crippen LogP contribution in [0, 0.1) is 17.2 Å². The van der Waals surface area contributed by atoms with Gasteiger partial charge in [-0.05, 0) is 90.0 Å². The van der Waals surface area contributed by atoms with Gasteiger partial charge in [0.05, 0.1) is 11.6 Å². The van der Waals surface area contributed by atoms with Crippen molar-refractivity contribution in [3.8, 4) is 6.07 Å². The Morgan fingerprint density at radius 2 is 1.60 bits per heavy atom. The van der Waals surface area contributed by atoms with Crippen molar-refractivity contribution in [3.63, 3.8) is 0 Å². The number of aliphatic imine (C=N–C) groups is 1. The second kappa shape index (κ2) is 24.8. The molecule has 1 amide bonds. The summed E-state index contributed by atoms with van der Waals surface area (Å²) in [6, 6.07) is 9.90. The molecule has 1 unspecified atom stereocenters. The molecule has 264 valence electrons. The molecule has 1 fully saturated rings. The molecule has 1 aliphatic heterocycles. The van der Waals surface area contributed by atoms with Gasteiger partial charge in [-0.25, -0.2) is 4.79 Å². The third-order valence-corrected chi connectivity index (χ3v) is 8.03. The standard InChI is InChI=1S/C25H43N3O2.C10H11N.C6H14/c1-10-13-14-26-20(5)23(22(12-3)19(4)11-2)21(6)27-15-17-28(18-16-27)24(29)30-25(7,8)9;1-2-4-9-5-3-6-10(7-9)8-11;1-3-5-6-4-2/h12-14,19H,10-11,15-18H2,1-9H3;3,5-7H,2,4H2,1H3;3-6H2,1-2H3/b14-13+,22-12-,23-21-,26-20+;;. The number of rotatable bonds is 12. The number of allylic oxidation sites excluding steroid dienone is 5. The van der Waals surface area contributed by atoms with Crippen LogP contribution in [0.5, 0.6) is 0 Å². The van der Waals surface area contributed by atoms with Gasteiger partial charge in [0.25, 0.3) is 0 Å². The van der Waals surface area contributed by atoms with Crippen LogP contribution in [-0.4, -0.2) is 53.4 Å². The average Bonchev–Trinajstić information content (AvgIpc) is 3.05. The highest BCUT2D eigenvalue weighted by molar-refractivity contribution is 6.03. The van der Waals surface area contributed by atoms with Gasteiger partial charge in [-0.1, -0.05) is 97.9 Å². The van der Waals surface area contributed by atoms with E-state index in [2.05, 4.69) is 91.5 Å². The smallest absolute Gasteiger partial charge is 0.410 e. The van der Waals surface area contributed by atoms with Gasteiger partial charge < -0.3 is 14.5 Å². The number of hydrogen-bond donors (Lipinski definition) is 0. The Hall–Kier alpha value is -3.33. The van der Waals surface area contributed by atoms with Crippen LogP contribution in [-0.2, 0) is 11.2 Å². The average molecular weight is 649 g/mol. The number of carbonyl (C=O) groups is 1. The minimum Gasteiger partial charge on any atom is -0.444 e. The molecule has 0 radical (unpaired) electrons. The summed E-state index contributed by atoms with van der Waals surface area (Å²) in [6.07, 6.45) is 15.8. The molecule has 47 heavy (non-hydrogen) atoms. The molecule has 1 atom stereocenters. The van der Waals surface area contributed by atoms with Gasteiger partial charge in [-0.3, -0.25) is 4.99 Å². The van der Waals surface area contributed by atoms with Crippen molar-refractivity contribution < 1.29 is 9.53 Å². The van der Waals surface area contributed by atoms with Crippen molar-refractivity contribution in [1.82, 2.24) is 9.80 Å². The maximum absolute atomic E-state index is 12.4. The Labute approximate surface area is 289 Å². The highest BCUT2D eigenvalue weighted by atomic mass is 16.6. The highest BCUT2D eigenvalue weighted by Crippen LogP contribution is 2.29. The molecular weight excluding hydrogens is 580 g/mol. The van der Waals surface area contributed by atoms with E-state index < -0.39 is 5.60 Å². The Morgan fingerprint density at radius 3 is 2.06 bits per heavy atom. The molecule has 1 heterocycles. The summed E-state index contributed by atoms with van der Waals surface area (Å²) in [7, 11) is 0. The number of ether oxygens (including phenoxy) is 1. The Balaban J connectivity index is 0.00000101. The molecule has 0 spiro atoms. The fourth-order valence-corrected chi connectivity index (χ4v) is 5.20. The van der Waals surface area contributed by atoms with Crippen molar-refractivity contribution >= 4 is 11.8 Å². The van der Waals surface area contributed by atoms with Gasteiger partial charge in [0.1, 0.15) is 5.60 Å². The number of nitrogens with zero attached hydrogens (tertiary/aromatic N) is 4. The van der Waals surface area contributed by atoms with Crippen molar-refractivity contribution in [2.24, 2.45) is 10.9 Å². The van der Waals surface area contributed by atoms with Gasteiger partial charge in [-0.15, -0.1) is 0 Å². The van der Waals surface area contributed by atoms with E-state index in [1.54, 1.807) is 0 Å². The lowest BCUT2D eigenvalue weighted by Gasteiger charge is -2.38. The lowest BCUT2D eigenvalue weighted by atomic mass is 9.87. The first-order valence-corrected chi connectivity index (χ1v) is 18.1. The maximum Gasteiger partial charge on any atom is 0.410 e. The summed E-state index contributed by atoms with van der Waals surface area (Å²) in [6.45, 7) is 28.3. The molecule has 2 rings (SSSR count). The SMILES string of the molecule is CCCCCC.CCCc1cccc(C#N)c1.C\C=C(C(/C(C)=N/C=C/CC)=C(/C)N1CCN(C(=O)OC(C)(C)C)CC1)\C(C)CC. The van der Waals surface area contributed by atoms with E-state index in [9.17, 15) is 4.79 Å². The summed E-state index contributed by atoms with van der Waals surface area (Å²) in [5.41, 5.74) is 6.41. The monoisotopic (exact) mass is 649 g/mol. The number of piperazine rings is 1. The summed E-state index contributed by atoms with van der Waals surface area (Å²) < 4.78 is 5.54. The fourth-order valence-electron chi connectivity index (χ4n) is 5.20. The van der Waals surface area contributed by atoms with Crippen LogP contribution in [0.25, 0.3) is 0 Å². The Kier molecular flexibility index (Phi) is 23.0. The van der Waals surface area contributed by atoms with Gasteiger partial charge >= 0.3 is 6.09 Å². The zero-order valence-electron chi connectivity index (χ0n) is 32.2. The quantitative estimate of drug-likeness (QED) is 0.128. The van der Waals surface area contributed by atoms with Crippen LogP contribution in [0.4, 0.5) is 4.79 Å². The molecule has 6 nitrogen and oxygen atoms in total. The predicted octanol–water partition coefficient (Wildman–Crippen LogP) is 11.3. The molecule has 1 aromatic rings. The summed E-state index contributed by atoms with van der Waals surface area (Å²) >= 11 is 0. The Morgan fingerprint density at radius 1 is 1.00 bits per heavy atom. The van der Waals surface area contributed by atoms with Crippen molar-refractivity contribution in [2.45, 2.75) is 140 Å². The van der Waals surface area contributed by atoms with E-state index in [-0.39, 0.29) is 6.09 Å². The molecule has 1 aliphatic rings. The van der Waals surface area contributed by atoms with E-state index in [4.69, 9.17) is 15.0 Å². The maximum atomic E-state index is 12.4. The van der Waals surface area contributed by atoms with E-state index in [1.807, 2.05) is 50.1 Å². The first kappa shape index (κ1) is 43.7. The first-order valence-electron chi connectivity index (χ1n) is 18.1. The van der Waals surface area contributed by atoms with Crippen LogP contribution >= 0.6 is 0 Å². The highest BCUT2D eigenvalue weighted by Gasteiger charge is 2.27. The molecule has 0 bridgehead atoms. The van der Waals surface area contributed by atoms with E-state index in [1.165, 1.54) is 48.1 Å². The predicted molar refractivity (Wildman–Crippen MR) is 203 cm³/mol. The normalized spacial score (nSPS) is 15.1. The van der Waals surface area contributed by atoms with E-state index in [0.29, 0.717) is 19.0 Å². The van der Waals surface area contributed by atoms with Crippen LogP contribution in [0.3, 0.4) is 0 Å². The number of hydrogen-bond acceptors (Lipinski definition) is 5. The van der Waals surface area contributed by atoms with Gasteiger partial charge in [0, 0.05) is 49.4 Å². The number of benzene rings is 1. The number of carbonyl (C=O) groups excluding carboxylic acids is 1. The molecular formula is C41H68N4O2. The van der Waals surface area contributed by atoms with Crippen LogP contribution < -0.4 is 0 Å². The Bertz CT molecular complexity index is 1180. The van der Waals surface area contributed by atoms with E-state index >= 15 is 0 Å². The second-order valence-electron chi connectivity index (χ2n) is 13.2. The first-order chi connectivity index (χ1) is 22.3. The lowest BCUT2D eigenvalue weighted by molar-refractivity contribution is 0.0168. The summed E-state index contributed by atoms with van der Waals surface area (Å²) in [5.74, 6) is 0.461. The fraction of sp³-hybridized carbons (Fsp3) is 0.634. The molecule has 0 N–H and O–H groups in total. The van der Waals surface area contributed by atoms with Crippen LogP contribution in [0.15, 0.2) is 64.5 Å². The number of unbranched alkanes of at least 4 members (excludes halogenated alkanes) is 3. The molecule has 1 aromatic carbocycles. The molecule has 0 saturated carbocycles. The number of nitriles is 1. The largest absolute Gasteiger partial charge is 0.444 e. The second-order valence-corrected chi connectivity index (χ2v) is 13.2. The van der Waals surface area contributed by atoms with E-state index in [0.717, 1.165) is 50.0 Å². The van der Waals surface area contributed by atoms with Crippen molar-refractivity contribution in [1.29, 1.82) is 5.26 Å². The minimum absolute atomic E-state index is 0.222. The lowest BCUT2D eigenvalue weighted by Crippen LogP contribution is -2.49. The molecule has 0 aromatic heterocycles. The van der Waals surface area contributed by atoms with Crippen LogP contribution in [0.1, 0.15) is 139 Å². The van der Waals surface area contributed by atoms with Gasteiger partial charge in [0.15, 0.2) is 0 Å². The van der Waals surface area contributed by atoms with Crippen molar-refractivity contribution in [2.75, 3.05) is 26.2 Å². The van der Waals surface area contributed by atoms with Gasteiger partial charge in [-0.2, -0.15) is 5.26 Å². The molecule has 6 heteroatoms. The number of aryl methyl sites for hydroxylation is 1. The zero-order chi connectivity index (χ0) is 35.8. The van der Waals surface area contributed by atoms with Crippen molar-refractivity contribution in [3.05, 3.63) is 70.6 Å². The molecule has 1 saturated heterocycles. The zero-order valence-corrected chi connectivity index (χ0v) is 32.2. The topological polar surface area (TPSA) is 68.9 Å². The number of amides is 1. The van der Waals surface area contributed by atoms with Gasteiger partial charge in [0.2, 0.25) is 0 Å². The summed E-state index contributed by atoms with van der Waals surface area (Å²) in [4.78, 5) is 21.3. The molecule has 0 aliphatic carbocycles. The third kappa shape index (κ3) is 18.0. The third-order valence-electron chi connectivity index (χ3n) is 8.03.